The van der Waals surface area contributed by atoms with Gasteiger partial charge in [-0.25, -0.2) is 0 Å². The first-order valence-corrected chi connectivity index (χ1v) is 7.19. The third-order valence-corrected chi connectivity index (χ3v) is 3.87. The number of esters is 1. The highest BCUT2D eigenvalue weighted by molar-refractivity contribution is 8.00. The largest absolute Gasteiger partial charge is 0.465 e. The van der Waals surface area contributed by atoms with Crippen LogP contribution in [-0.2, 0) is 9.53 Å². The molecule has 0 heterocycles. The molecule has 0 aliphatic rings. The van der Waals surface area contributed by atoms with E-state index in [1.165, 1.54) is 0 Å². The Balaban J connectivity index is 4.42. The molecule has 0 radical (unpaired) electrons. The monoisotopic (exact) mass is 263 g/mol. The molecule has 0 aromatic carbocycles. The van der Waals surface area contributed by atoms with Crippen LogP contribution in [0.5, 0.6) is 0 Å². The predicted molar refractivity (Wildman–Crippen MR) is 72.3 cm³/mol. The number of thioether (sulfide) groups is 1. The predicted octanol–water partition coefficient (Wildman–Crippen LogP) is 1.42. The summed E-state index contributed by atoms with van der Waals surface area (Å²) in [6.45, 7) is 8.96. The maximum absolute atomic E-state index is 11.9. The molecule has 0 aromatic rings. The molecule has 102 valence electrons. The van der Waals surface area contributed by atoms with Crippen LogP contribution in [-0.4, -0.2) is 47.4 Å². The lowest BCUT2D eigenvalue weighted by Crippen LogP contribution is -2.53. The van der Waals surface area contributed by atoms with Crippen molar-refractivity contribution < 1.29 is 14.6 Å². The number of carbonyl (C=O) groups is 1. The molecule has 2 unspecified atom stereocenters. The molecule has 0 saturated carbocycles. The highest BCUT2D eigenvalue weighted by Crippen LogP contribution is 2.19. The molecule has 0 spiro atoms. The van der Waals surface area contributed by atoms with Gasteiger partial charge >= 0.3 is 5.97 Å². The molecular weight excluding hydrogens is 238 g/mol. The minimum Gasteiger partial charge on any atom is -0.465 e. The second kappa shape index (κ2) is 8.78. The van der Waals surface area contributed by atoms with Crippen LogP contribution in [0.4, 0.5) is 0 Å². The summed E-state index contributed by atoms with van der Waals surface area (Å²) in [6, 6.07) is 0. The quantitative estimate of drug-likeness (QED) is 0.616. The topological polar surface area (TPSA) is 58.6 Å². The van der Waals surface area contributed by atoms with Crippen molar-refractivity contribution in [2.45, 2.75) is 44.9 Å². The number of hydrogen-bond donors (Lipinski definition) is 2. The van der Waals surface area contributed by atoms with Gasteiger partial charge in [-0.2, -0.15) is 11.8 Å². The van der Waals surface area contributed by atoms with Crippen LogP contribution in [0.1, 0.15) is 34.1 Å². The van der Waals surface area contributed by atoms with E-state index in [-0.39, 0.29) is 17.8 Å². The summed E-state index contributed by atoms with van der Waals surface area (Å²) in [5.74, 6) is 0.388. The van der Waals surface area contributed by atoms with Gasteiger partial charge in [0.05, 0.1) is 13.2 Å². The molecule has 0 fully saturated rings. The fourth-order valence-electron chi connectivity index (χ4n) is 1.24. The van der Waals surface area contributed by atoms with E-state index < -0.39 is 5.54 Å². The van der Waals surface area contributed by atoms with E-state index >= 15 is 0 Å². The van der Waals surface area contributed by atoms with Crippen LogP contribution in [0.15, 0.2) is 0 Å². The van der Waals surface area contributed by atoms with E-state index in [0.717, 1.165) is 13.0 Å². The number of hydrogen-bond acceptors (Lipinski definition) is 5. The molecule has 4 nitrogen and oxygen atoms in total. The Morgan fingerprint density at radius 3 is 2.65 bits per heavy atom. The van der Waals surface area contributed by atoms with Gasteiger partial charge in [-0.1, -0.05) is 13.8 Å². The number of aliphatic hydroxyl groups is 1. The summed E-state index contributed by atoms with van der Waals surface area (Å²) >= 11 is 1.57. The summed E-state index contributed by atoms with van der Waals surface area (Å²) in [5, 5.41) is 12.4. The second-order valence-corrected chi connectivity index (χ2v) is 5.71. The molecule has 17 heavy (non-hydrogen) atoms. The number of ether oxygens (including phenoxy) is 1. The van der Waals surface area contributed by atoms with Gasteiger partial charge in [-0.3, -0.25) is 4.79 Å². The standard InChI is InChI=1S/C12H25NO3S/c1-5-7-13-12(4,11(15)16-6-2)9-17-10(3)8-14/h10,13-14H,5-9H2,1-4H3. The average molecular weight is 263 g/mol. The zero-order chi connectivity index (χ0) is 13.3. The number of carbonyl (C=O) groups excluding carboxylic acids is 1. The molecular formula is C12H25NO3S. The summed E-state index contributed by atoms with van der Waals surface area (Å²) in [6.07, 6.45) is 0.967. The Bertz CT molecular complexity index is 226. The van der Waals surface area contributed by atoms with Gasteiger partial charge in [0.25, 0.3) is 0 Å². The molecule has 0 bridgehead atoms. The fraction of sp³-hybridized carbons (Fsp3) is 0.917. The maximum Gasteiger partial charge on any atom is 0.326 e. The van der Waals surface area contributed by atoms with Crippen molar-refractivity contribution >= 4 is 17.7 Å². The summed E-state index contributed by atoms with van der Waals surface area (Å²) < 4.78 is 5.09. The minimum absolute atomic E-state index is 0.122. The van der Waals surface area contributed by atoms with E-state index in [4.69, 9.17) is 9.84 Å². The van der Waals surface area contributed by atoms with Crippen molar-refractivity contribution in [3.8, 4) is 0 Å². The third-order valence-electron chi connectivity index (χ3n) is 2.40. The Morgan fingerprint density at radius 2 is 2.18 bits per heavy atom. The van der Waals surface area contributed by atoms with Crippen LogP contribution >= 0.6 is 11.8 Å². The van der Waals surface area contributed by atoms with Gasteiger partial charge in [0.15, 0.2) is 0 Å². The van der Waals surface area contributed by atoms with E-state index in [1.54, 1.807) is 11.8 Å². The van der Waals surface area contributed by atoms with Gasteiger partial charge < -0.3 is 15.2 Å². The number of aliphatic hydroxyl groups excluding tert-OH is 1. The van der Waals surface area contributed by atoms with Crippen LogP contribution < -0.4 is 5.32 Å². The Kier molecular flexibility index (Phi) is 8.64. The van der Waals surface area contributed by atoms with Gasteiger partial charge in [-0.15, -0.1) is 0 Å². The molecule has 0 aromatic heterocycles. The summed E-state index contributed by atoms with van der Waals surface area (Å²) in [7, 11) is 0. The molecule has 0 saturated heterocycles. The summed E-state index contributed by atoms with van der Waals surface area (Å²) in [5.41, 5.74) is -0.667. The van der Waals surface area contributed by atoms with Crippen LogP contribution in [0.25, 0.3) is 0 Å². The van der Waals surface area contributed by atoms with Crippen molar-refractivity contribution in [2.24, 2.45) is 0 Å². The minimum atomic E-state index is -0.667. The molecule has 0 aliphatic carbocycles. The molecule has 2 N–H and O–H groups in total. The molecule has 2 atom stereocenters. The Morgan fingerprint density at radius 1 is 1.53 bits per heavy atom. The normalized spacial score (nSPS) is 16.3. The lowest BCUT2D eigenvalue weighted by Gasteiger charge is -2.29. The second-order valence-electron chi connectivity index (χ2n) is 4.28. The molecule has 5 heteroatoms. The van der Waals surface area contributed by atoms with Crippen molar-refractivity contribution in [1.82, 2.24) is 5.32 Å². The van der Waals surface area contributed by atoms with Crippen LogP contribution in [0.2, 0.25) is 0 Å². The first-order chi connectivity index (χ1) is 8.00. The SMILES string of the molecule is CCCNC(C)(CSC(C)CO)C(=O)OCC. The van der Waals surface area contributed by atoms with Gasteiger partial charge in [0.1, 0.15) is 5.54 Å². The average Bonchev–Trinajstić information content (AvgIpc) is 2.33. The van der Waals surface area contributed by atoms with E-state index in [2.05, 4.69) is 12.2 Å². The third kappa shape index (κ3) is 6.29. The zero-order valence-electron chi connectivity index (χ0n) is 11.3. The van der Waals surface area contributed by atoms with Gasteiger partial charge in [-0.05, 0) is 26.8 Å². The van der Waals surface area contributed by atoms with E-state index in [0.29, 0.717) is 12.4 Å². The van der Waals surface area contributed by atoms with Crippen molar-refractivity contribution in [2.75, 3.05) is 25.5 Å². The zero-order valence-corrected chi connectivity index (χ0v) is 12.1. The highest BCUT2D eigenvalue weighted by Gasteiger charge is 2.34. The smallest absolute Gasteiger partial charge is 0.326 e. The fourth-order valence-corrected chi connectivity index (χ4v) is 2.18. The Labute approximate surface area is 108 Å². The van der Waals surface area contributed by atoms with Gasteiger partial charge in [0.2, 0.25) is 0 Å². The first kappa shape index (κ1) is 16.7. The Hall–Kier alpha value is -0.260. The van der Waals surface area contributed by atoms with Crippen molar-refractivity contribution in [1.29, 1.82) is 0 Å². The maximum atomic E-state index is 11.9. The van der Waals surface area contributed by atoms with Crippen molar-refractivity contribution in [3.05, 3.63) is 0 Å². The van der Waals surface area contributed by atoms with Crippen LogP contribution in [0, 0.1) is 0 Å². The van der Waals surface area contributed by atoms with Crippen molar-refractivity contribution in [3.63, 3.8) is 0 Å². The molecule has 0 amide bonds. The lowest BCUT2D eigenvalue weighted by molar-refractivity contribution is -0.149. The first-order valence-electron chi connectivity index (χ1n) is 6.14. The lowest BCUT2D eigenvalue weighted by atomic mass is 10.1. The van der Waals surface area contributed by atoms with E-state index in [9.17, 15) is 4.79 Å². The van der Waals surface area contributed by atoms with E-state index in [1.807, 2.05) is 20.8 Å². The molecule has 0 rings (SSSR count). The van der Waals surface area contributed by atoms with Crippen LogP contribution in [0.3, 0.4) is 0 Å². The summed E-state index contributed by atoms with van der Waals surface area (Å²) in [4.78, 5) is 11.9. The number of rotatable bonds is 9. The highest BCUT2D eigenvalue weighted by atomic mass is 32.2. The number of nitrogens with one attached hydrogen (secondary N) is 1. The molecule has 0 aliphatic heterocycles. The van der Waals surface area contributed by atoms with Gasteiger partial charge in [0, 0.05) is 11.0 Å².